The number of aromatic nitrogens is 3. The fourth-order valence-electron chi connectivity index (χ4n) is 3.96. The minimum absolute atomic E-state index is 0.236. The van der Waals surface area contributed by atoms with E-state index < -0.39 is 0 Å². The summed E-state index contributed by atoms with van der Waals surface area (Å²) in [6, 6.07) is 18.4. The average molecular weight is 489 g/mol. The summed E-state index contributed by atoms with van der Waals surface area (Å²) in [4.78, 5) is 32.0. The van der Waals surface area contributed by atoms with Crippen LogP contribution in [0.5, 0.6) is 5.75 Å². The molecule has 3 aromatic carbocycles. The Hall–Kier alpha value is -4.24. The summed E-state index contributed by atoms with van der Waals surface area (Å²) in [6.07, 6.45) is 0. The smallest absolute Gasteiger partial charge is 0.278 e. The molecule has 0 unspecified atom stereocenters. The van der Waals surface area contributed by atoms with Crippen molar-refractivity contribution in [2.24, 2.45) is 0 Å². The van der Waals surface area contributed by atoms with Crippen molar-refractivity contribution in [1.82, 2.24) is 19.9 Å². The highest BCUT2D eigenvalue weighted by molar-refractivity contribution is 7.71. The second-order valence-electron chi connectivity index (χ2n) is 8.11. The number of aromatic amines is 2. The zero-order valence-corrected chi connectivity index (χ0v) is 19.5. The fourth-order valence-corrected chi connectivity index (χ4v) is 4.21. The van der Waals surface area contributed by atoms with Gasteiger partial charge in [-0.25, -0.2) is 4.39 Å². The van der Waals surface area contributed by atoms with Crippen LogP contribution in [0.3, 0.4) is 0 Å². The molecule has 9 heteroatoms. The summed E-state index contributed by atoms with van der Waals surface area (Å²) in [7, 11) is 1.59. The number of halogens is 1. The number of carbonyl (C=O) groups is 1. The first-order chi connectivity index (χ1) is 16.9. The van der Waals surface area contributed by atoms with Gasteiger partial charge in [0, 0.05) is 23.0 Å². The number of amides is 1. The molecule has 35 heavy (non-hydrogen) atoms. The van der Waals surface area contributed by atoms with Gasteiger partial charge in [0.15, 0.2) is 4.77 Å². The van der Waals surface area contributed by atoms with Gasteiger partial charge in [-0.3, -0.25) is 14.2 Å². The highest BCUT2D eigenvalue weighted by Crippen LogP contribution is 2.26. The van der Waals surface area contributed by atoms with Crippen LogP contribution in [0.25, 0.3) is 21.9 Å². The monoisotopic (exact) mass is 488 g/mol. The third-order valence-electron chi connectivity index (χ3n) is 5.86. The Balaban J connectivity index is 1.36. The number of rotatable bonds is 6. The van der Waals surface area contributed by atoms with Crippen LogP contribution in [0.1, 0.15) is 21.5 Å². The van der Waals surface area contributed by atoms with E-state index in [4.69, 9.17) is 17.0 Å². The van der Waals surface area contributed by atoms with Crippen LogP contribution in [0.4, 0.5) is 4.39 Å². The first-order valence-electron chi connectivity index (χ1n) is 10.9. The lowest BCUT2D eigenvalue weighted by atomic mass is 10.1. The molecule has 0 aliphatic heterocycles. The van der Waals surface area contributed by atoms with Crippen LogP contribution in [-0.2, 0) is 13.1 Å². The van der Waals surface area contributed by atoms with Gasteiger partial charge in [0.1, 0.15) is 17.1 Å². The summed E-state index contributed by atoms with van der Waals surface area (Å²) in [5.74, 6) is 0.118. The standard InChI is InChI=1S/C26H21FN4O3S/c1-34-19-10-11-21-20(12-19)22-23(29-21)25(33)31(26(35)30-22)14-16-2-6-17(7-3-16)24(32)28-13-15-4-8-18(27)9-5-15/h2-12,29H,13-14H2,1H3,(H,28,32)(H,30,35). The molecule has 1 amide bonds. The molecular weight excluding hydrogens is 467 g/mol. The van der Waals surface area contributed by atoms with Gasteiger partial charge in [-0.05, 0) is 65.8 Å². The molecule has 2 heterocycles. The summed E-state index contributed by atoms with van der Waals surface area (Å²) >= 11 is 5.49. The third-order valence-corrected chi connectivity index (χ3v) is 6.19. The number of benzene rings is 3. The maximum Gasteiger partial charge on any atom is 0.278 e. The SMILES string of the molecule is COc1ccc2[nH]c3c(=O)n(Cc4ccc(C(=O)NCc5ccc(F)cc5)cc4)c(=S)[nH]c3c2c1. The van der Waals surface area contributed by atoms with Gasteiger partial charge in [-0.15, -0.1) is 0 Å². The quantitative estimate of drug-likeness (QED) is 0.303. The molecule has 7 nitrogen and oxygen atoms in total. The second-order valence-corrected chi connectivity index (χ2v) is 8.50. The molecule has 0 aliphatic carbocycles. The number of fused-ring (bicyclic) bond motifs is 3. The molecule has 0 radical (unpaired) electrons. The first kappa shape index (κ1) is 22.5. The van der Waals surface area contributed by atoms with Crippen molar-refractivity contribution in [3.05, 3.63) is 104 Å². The Labute approximate surface area is 204 Å². The van der Waals surface area contributed by atoms with Gasteiger partial charge in [0.05, 0.1) is 19.2 Å². The summed E-state index contributed by atoms with van der Waals surface area (Å²) in [5.41, 5.74) is 3.73. The maximum atomic E-state index is 13.2. The van der Waals surface area contributed by atoms with Crippen LogP contribution in [0.15, 0.2) is 71.5 Å². The normalized spacial score (nSPS) is 11.1. The minimum Gasteiger partial charge on any atom is -0.497 e. The van der Waals surface area contributed by atoms with Crippen molar-refractivity contribution >= 4 is 40.1 Å². The molecule has 5 aromatic rings. The van der Waals surface area contributed by atoms with E-state index in [1.54, 1.807) is 43.5 Å². The van der Waals surface area contributed by atoms with E-state index in [0.717, 1.165) is 22.0 Å². The topological polar surface area (TPSA) is 91.9 Å². The molecule has 2 aromatic heterocycles. The number of carbonyl (C=O) groups excluding carboxylic acids is 1. The van der Waals surface area contributed by atoms with Crippen LogP contribution < -0.4 is 15.6 Å². The maximum absolute atomic E-state index is 13.2. The van der Waals surface area contributed by atoms with Crippen molar-refractivity contribution < 1.29 is 13.9 Å². The average Bonchev–Trinajstić information content (AvgIpc) is 3.24. The Morgan fingerprint density at radius 3 is 2.43 bits per heavy atom. The Bertz CT molecular complexity index is 1670. The van der Waals surface area contributed by atoms with Crippen LogP contribution in [0.2, 0.25) is 0 Å². The van der Waals surface area contributed by atoms with E-state index in [9.17, 15) is 14.0 Å². The van der Waals surface area contributed by atoms with Crippen molar-refractivity contribution in [3.8, 4) is 5.75 Å². The predicted octanol–water partition coefficient (Wildman–Crippen LogP) is 4.67. The van der Waals surface area contributed by atoms with Crippen LogP contribution in [-0.4, -0.2) is 27.6 Å². The lowest BCUT2D eigenvalue weighted by Gasteiger charge is -2.09. The predicted molar refractivity (Wildman–Crippen MR) is 135 cm³/mol. The number of nitrogens with zero attached hydrogens (tertiary/aromatic N) is 1. The van der Waals surface area contributed by atoms with E-state index in [0.29, 0.717) is 33.7 Å². The van der Waals surface area contributed by atoms with E-state index in [-0.39, 0.29) is 23.8 Å². The van der Waals surface area contributed by atoms with Crippen LogP contribution >= 0.6 is 12.2 Å². The second kappa shape index (κ2) is 9.19. The molecule has 0 bridgehead atoms. The third kappa shape index (κ3) is 4.45. The summed E-state index contributed by atoms with van der Waals surface area (Å²) in [6.45, 7) is 0.544. The molecule has 5 rings (SSSR count). The summed E-state index contributed by atoms with van der Waals surface area (Å²) in [5, 5.41) is 3.64. The zero-order valence-electron chi connectivity index (χ0n) is 18.7. The van der Waals surface area contributed by atoms with E-state index in [2.05, 4.69) is 15.3 Å². The Morgan fingerprint density at radius 1 is 1.00 bits per heavy atom. The van der Waals surface area contributed by atoms with Gasteiger partial charge in [0.2, 0.25) is 0 Å². The Kier molecular flexibility index (Phi) is 5.92. The minimum atomic E-state index is -0.321. The molecule has 0 saturated heterocycles. The first-order valence-corrected chi connectivity index (χ1v) is 11.3. The van der Waals surface area contributed by atoms with E-state index >= 15 is 0 Å². The van der Waals surface area contributed by atoms with Crippen molar-refractivity contribution in [2.45, 2.75) is 13.1 Å². The van der Waals surface area contributed by atoms with Crippen molar-refractivity contribution in [1.29, 1.82) is 0 Å². The molecule has 0 fully saturated rings. The number of methoxy groups -OCH3 is 1. The van der Waals surface area contributed by atoms with Gasteiger partial charge < -0.3 is 20.0 Å². The fraction of sp³-hybridized carbons (Fsp3) is 0.115. The molecule has 3 N–H and O–H groups in total. The Morgan fingerprint density at radius 2 is 1.71 bits per heavy atom. The van der Waals surface area contributed by atoms with E-state index in [1.807, 2.05) is 18.2 Å². The number of hydrogen-bond acceptors (Lipinski definition) is 4. The van der Waals surface area contributed by atoms with Gasteiger partial charge >= 0.3 is 0 Å². The van der Waals surface area contributed by atoms with Crippen LogP contribution in [0, 0.1) is 10.6 Å². The van der Waals surface area contributed by atoms with Crippen molar-refractivity contribution in [3.63, 3.8) is 0 Å². The largest absolute Gasteiger partial charge is 0.497 e. The number of H-pyrrole nitrogens is 2. The van der Waals surface area contributed by atoms with Crippen molar-refractivity contribution in [2.75, 3.05) is 7.11 Å². The highest BCUT2D eigenvalue weighted by atomic mass is 32.1. The number of hydrogen-bond donors (Lipinski definition) is 3. The molecule has 0 aliphatic rings. The van der Waals surface area contributed by atoms with Gasteiger partial charge in [0.25, 0.3) is 11.5 Å². The molecular formula is C26H21FN4O3S. The highest BCUT2D eigenvalue weighted by Gasteiger charge is 2.13. The lowest BCUT2D eigenvalue weighted by Crippen LogP contribution is -2.23. The summed E-state index contributed by atoms with van der Waals surface area (Å²) < 4.78 is 20.1. The van der Waals surface area contributed by atoms with Gasteiger partial charge in [-0.2, -0.15) is 0 Å². The van der Waals surface area contributed by atoms with E-state index in [1.165, 1.54) is 16.7 Å². The number of nitrogens with one attached hydrogen (secondary N) is 3. The lowest BCUT2D eigenvalue weighted by molar-refractivity contribution is 0.0951. The molecule has 0 saturated carbocycles. The van der Waals surface area contributed by atoms with Gasteiger partial charge in [-0.1, -0.05) is 24.3 Å². The molecule has 0 atom stereocenters. The molecule has 176 valence electrons. The zero-order chi connectivity index (χ0) is 24.5. The number of ether oxygens (including phenoxy) is 1. The molecule has 0 spiro atoms.